The predicted molar refractivity (Wildman–Crippen MR) is 88.0 cm³/mol. The first-order chi connectivity index (χ1) is 11.0. The lowest BCUT2D eigenvalue weighted by atomic mass is 10.0. The van der Waals surface area contributed by atoms with Crippen molar-refractivity contribution in [2.45, 2.75) is 25.9 Å². The minimum atomic E-state index is -1.23. The van der Waals surface area contributed by atoms with Crippen molar-refractivity contribution >= 4 is 16.8 Å². The number of furan rings is 1. The van der Waals surface area contributed by atoms with Gasteiger partial charge >= 0.3 is 0 Å². The van der Waals surface area contributed by atoms with E-state index >= 15 is 0 Å². The van der Waals surface area contributed by atoms with Gasteiger partial charge in [-0.1, -0.05) is 18.2 Å². The largest absolute Gasteiger partial charge is 0.463 e. The Morgan fingerprint density at radius 1 is 1.30 bits per heavy atom. The van der Waals surface area contributed by atoms with E-state index in [1.165, 1.54) is 0 Å². The third-order valence-corrected chi connectivity index (χ3v) is 3.93. The number of hydrogen-bond donors (Lipinski definition) is 3. The predicted octanol–water partition coefficient (Wildman–Crippen LogP) is 2.64. The Bertz CT molecular complexity index is 830. The number of carbonyl (C=O) groups is 1. The molecule has 23 heavy (non-hydrogen) atoms. The zero-order valence-electron chi connectivity index (χ0n) is 13.2. The first-order valence-electron chi connectivity index (χ1n) is 7.57. The second-order valence-corrected chi connectivity index (χ2v) is 6.00. The Morgan fingerprint density at radius 3 is 2.83 bits per heavy atom. The Balaban J connectivity index is 1.63. The van der Waals surface area contributed by atoms with Crippen LogP contribution in [0.5, 0.6) is 0 Å². The van der Waals surface area contributed by atoms with Gasteiger partial charge in [0.2, 0.25) is 5.91 Å². The lowest BCUT2D eigenvalue weighted by Gasteiger charge is -2.21. The number of aryl methyl sites for hydroxylation is 1. The zero-order chi connectivity index (χ0) is 16.4. The van der Waals surface area contributed by atoms with Crippen LogP contribution in [0.1, 0.15) is 24.0 Å². The van der Waals surface area contributed by atoms with Gasteiger partial charge in [-0.25, -0.2) is 0 Å². The number of nitrogens with one attached hydrogen (secondary N) is 2. The minimum Gasteiger partial charge on any atom is -0.463 e. The Kier molecular flexibility index (Phi) is 3.96. The van der Waals surface area contributed by atoms with Crippen LogP contribution < -0.4 is 5.32 Å². The number of aromatic amines is 1. The molecule has 1 atom stereocenters. The fourth-order valence-corrected chi connectivity index (χ4v) is 2.60. The van der Waals surface area contributed by atoms with Gasteiger partial charge in [0.05, 0.1) is 13.0 Å². The highest BCUT2D eigenvalue weighted by Gasteiger charge is 2.27. The molecule has 2 aromatic heterocycles. The van der Waals surface area contributed by atoms with Crippen molar-refractivity contribution in [3.8, 4) is 0 Å². The van der Waals surface area contributed by atoms with E-state index in [-0.39, 0.29) is 18.9 Å². The molecule has 1 unspecified atom stereocenters. The number of H-pyrrole nitrogens is 1. The third kappa shape index (κ3) is 3.29. The number of aromatic nitrogens is 1. The van der Waals surface area contributed by atoms with Gasteiger partial charge < -0.3 is 19.8 Å². The summed E-state index contributed by atoms with van der Waals surface area (Å²) in [6.07, 6.45) is 2.11. The second-order valence-electron chi connectivity index (χ2n) is 6.00. The molecule has 0 aliphatic rings. The summed E-state index contributed by atoms with van der Waals surface area (Å²) in [6, 6.07) is 11.4. The molecule has 0 fully saturated rings. The van der Waals surface area contributed by atoms with Crippen molar-refractivity contribution in [2.24, 2.45) is 0 Å². The second kappa shape index (κ2) is 5.93. The summed E-state index contributed by atoms with van der Waals surface area (Å²) in [6.45, 7) is 3.54. The Morgan fingerprint density at radius 2 is 2.09 bits per heavy atom. The molecule has 120 valence electrons. The number of aliphatic hydroxyl groups is 1. The number of carbonyl (C=O) groups excluding carboxylic acids is 1. The van der Waals surface area contributed by atoms with Crippen LogP contribution in [0.25, 0.3) is 10.9 Å². The van der Waals surface area contributed by atoms with Crippen LogP contribution in [0.2, 0.25) is 0 Å². The molecule has 0 aliphatic heterocycles. The van der Waals surface area contributed by atoms with E-state index in [1.807, 2.05) is 37.4 Å². The smallest absolute Gasteiger partial charge is 0.224 e. The van der Waals surface area contributed by atoms with Crippen LogP contribution in [0.3, 0.4) is 0 Å². The van der Waals surface area contributed by atoms with Crippen LogP contribution in [-0.2, 0) is 16.8 Å². The lowest BCUT2D eigenvalue weighted by Crippen LogP contribution is -2.39. The number of hydrogen-bond acceptors (Lipinski definition) is 3. The Hall–Kier alpha value is -2.53. The summed E-state index contributed by atoms with van der Waals surface area (Å²) in [5.74, 6) is 1.03. The van der Waals surface area contributed by atoms with Gasteiger partial charge in [-0.3, -0.25) is 4.79 Å². The highest BCUT2D eigenvalue weighted by atomic mass is 16.4. The van der Waals surface area contributed by atoms with Crippen molar-refractivity contribution < 1.29 is 14.3 Å². The molecule has 5 heteroatoms. The van der Waals surface area contributed by atoms with E-state index in [1.54, 1.807) is 19.1 Å². The molecule has 5 nitrogen and oxygen atoms in total. The maximum atomic E-state index is 12.2. The van der Waals surface area contributed by atoms with Crippen molar-refractivity contribution in [1.82, 2.24) is 10.3 Å². The standard InChI is InChI=1S/C18H20N2O3/c1-12-7-8-16(23-12)18(2,22)11-20-17(21)9-13-10-19-15-6-4-3-5-14(13)15/h3-8,10,19,22H,9,11H2,1-2H3,(H,20,21). The first kappa shape index (κ1) is 15.4. The molecule has 0 radical (unpaired) electrons. The molecule has 3 rings (SSSR count). The fourth-order valence-electron chi connectivity index (χ4n) is 2.60. The van der Waals surface area contributed by atoms with E-state index in [0.717, 1.165) is 22.2 Å². The van der Waals surface area contributed by atoms with Gasteiger partial charge in [0.1, 0.15) is 17.1 Å². The molecule has 3 aromatic rings. The van der Waals surface area contributed by atoms with Crippen molar-refractivity contribution in [1.29, 1.82) is 0 Å². The molecule has 3 N–H and O–H groups in total. The highest BCUT2D eigenvalue weighted by Crippen LogP contribution is 2.22. The molecular weight excluding hydrogens is 292 g/mol. The van der Waals surface area contributed by atoms with Gasteiger partial charge in [-0.05, 0) is 37.6 Å². The molecule has 2 heterocycles. The van der Waals surface area contributed by atoms with Crippen LogP contribution in [-0.4, -0.2) is 22.5 Å². The monoisotopic (exact) mass is 312 g/mol. The normalized spacial score (nSPS) is 13.9. The fraction of sp³-hybridized carbons (Fsp3) is 0.278. The van der Waals surface area contributed by atoms with Gasteiger partial charge in [-0.2, -0.15) is 0 Å². The van der Waals surface area contributed by atoms with Crippen molar-refractivity contribution in [3.63, 3.8) is 0 Å². The molecular formula is C18H20N2O3. The maximum Gasteiger partial charge on any atom is 0.224 e. The van der Waals surface area contributed by atoms with Crippen LogP contribution in [0.15, 0.2) is 47.0 Å². The maximum absolute atomic E-state index is 12.2. The van der Waals surface area contributed by atoms with Crippen LogP contribution >= 0.6 is 0 Å². The molecule has 0 saturated carbocycles. The zero-order valence-corrected chi connectivity index (χ0v) is 13.2. The summed E-state index contributed by atoms with van der Waals surface area (Å²) in [4.78, 5) is 15.3. The van der Waals surface area contributed by atoms with E-state index in [4.69, 9.17) is 4.42 Å². The lowest BCUT2D eigenvalue weighted by molar-refractivity contribution is -0.121. The summed E-state index contributed by atoms with van der Waals surface area (Å²) in [5, 5.41) is 14.2. The van der Waals surface area contributed by atoms with E-state index in [0.29, 0.717) is 5.76 Å². The number of benzene rings is 1. The minimum absolute atomic E-state index is 0.0984. The van der Waals surface area contributed by atoms with Crippen molar-refractivity contribution in [2.75, 3.05) is 6.54 Å². The summed E-state index contributed by atoms with van der Waals surface area (Å²) >= 11 is 0. The van der Waals surface area contributed by atoms with Gasteiger partial charge in [0.15, 0.2) is 0 Å². The first-order valence-corrected chi connectivity index (χ1v) is 7.57. The molecule has 0 aliphatic carbocycles. The average Bonchev–Trinajstić information content (AvgIpc) is 3.13. The number of para-hydroxylation sites is 1. The van der Waals surface area contributed by atoms with E-state index < -0.39 is 5.60 Å². The molecule has 0 bridgehead atoms. The number of fused-ring (bicyclic) bond motifs is 1. The Labute approximate surface area is 134 Å². The van der Waals surface area contributed by atoms with Gasteiger partial charge in [-0.15, -0.1) is 0 Å². The SMILES string of the molecule is Cc1ccc(C(C)(O)CNC(=O)Cc2c[nH]c3ccccc23)o1. The quantitative estimate of drug-likeness (QED) is 0.677. The van der Waals surface area contributed by atoms with Crippen LogP contribution in [0, 0.1) is 6.92 Å². The van der Waals surface area contributed by atoms with Gasteiger partial charge in [0, 0.05) is 17.1 Å². The van der Waals surface area contributed by atoms with E-state index in [2.05, 4.69) is 10.3 Å². The number of amides is 1. The average molecular weight is 312 g/mol. The third-order valence-electron chi connectivity index (χ3n) is 3.93. The van der Waals surface area contributed by atoms with Crippen molar-refractivity contribution in [3.05, 3.63) is 59.7 Å². The van der Waals surface area contributed by atoms with Crippen LogP contribution in [0.4, 0.5) is 0 Å². The molecule has 0 saturated heterocycles. The molecule has 1 aromatic carbocycles. The molecule has 1 amide bonds. The number of rotatable bonds is 5. The topological polar surface area (TPSA) is 78.3 Å². The van der Waals surface area contributed by atoms with E-state index in [9.17, 15) is 9.90 Å². The summed E-state index contributed by atoms with van der Waals surface area (Å²) < 4.78 is 5.44. The highest BCUT2D eigenvalue weighted by molar-refractivity contribution is 5.88. The molecule has 0 spiro atoms. The van der Waals surface area contributed by atoms with Gasteiger partial charge in [0.25, 0.3) is 0 Å². The summed E-state index contributed by atoms with van der Waals surface area (Å²) in [5.41, 5.74) is 0.712. The summed E-state index contributed by atoms with van der Waals surface area (Å²) in [7, 11) is 0.